The summed E-state index contributed by atoms with van der Waals surface area (Å²) < 4.78 is 28.5. The normalized spacial score (nSPS) is 16.3. The molecule has 0 fully saturated rings. The summed E-state index contributed by atoms with van der Waals surface area (Å²) in [6.07, 6.45) is 3.82. The number of hydrogen-bond donors (Lipinski definition) is 0. The topological polar surface area (TPSA) is 72.3 Å². The van der Waals surface area contributed by atoms with Crippen molar-refractivity contribution in [2.75, 3.05) is 6.54 Å². The standard InChI is InChI=1S/C13H12IN3O3S/c1-16-7-5-15-12(16)4-6-17-13(18)10-3-2-9(14)8-11(10)21(17,19)20/h2-3,5,7-8H,4,6H2,1H3. The first-order valence-electron chi connectivity index (χ1n) is 6.24. The van der Waals surface area contributed by atoms with E-state index in [2.05, 4.69) is 4.98 Å². The van der Waals surface area contributed by atoms with E-state index in [0.717, 1.165) is 13.7 Å². The zero-order valence-electron chi connectivity index (χ0n) is 11.2. The van der Waals surface area contributed by atoms with Crippen molar-refractivity contribution in [1.29, 1.82) is 0 Å². The van der Waals surface area contributed by atoms with E-state index in [0.29, 0.717) is 6.42 Å². The zero-order chi connectivity index (χ0) is 15.2. The summed E-state index contributed by atoms with van der Waals surface area (Å²) >= 11 is 2.03. The Morgan fingerprint density at radius 3 is 2.76 bits per heavy atom. The molecule has 110 valence electrons. The Bertz CT molecular complexity index is 829. The molecule has 2 aromatic rings. The molecule has 0 saturated carbocycles. The number of amides is 1. The quantitative estimate of drug-likeness (QED) is 0.709. The summed E-state index contributed by atoms with van der Waals surface area (Å²) in [5.41, 5.74) is 0.246. The maximum atomic E-state index is 12.5. The SMILES string of the molecule is Cn1ccnc1CCN1C(=O)c2ccc(I)cc2S1(=O)=O. The number of fused-ring (bicyclic) bond motifs is 1. The molecule has 3 rings (SSSR count). The molecule has 0 atom stereocenters. The Labute approximate surface area is 136 Å². The molecular formula is C13H12IN3O3S. The number of carbonyl (C=O) groups excluding carboxylic acids is 1. The summed E-state index contributed by atoms with van der Waals surface area (Å²) in [7, 11) is -1.91. The number of aryl methyl sites for hydroxylation is 1. The van der Waals surface area contributed by atoms with E-state index >= 15 is 0 Å². The van der Waals surface area contributed by atoms with Crippen molar-refractivity contribution in [1.82, 2.24) is 13.9 Å². The fourth-order valence-electron chi connectivity index (χ4n) is 2.31. The fraction of sp³-hybridized carbons (Fsp3) is 0.231. The summed E-state index contributed by atoms with van der Waals surface area (Å²) in [6.45, 7) is 0.0945. The van der Waals surface area contributed by atoms with E-state index in [9.17, 15) is 13.2 Å². The lowest BCUT2D eigenvalue weighted by atomic mass is 10.2. The summed E-state index contributed by atoms with van der Waals surface area (Å²) in [6, 6.07) is 4.83. The van der Waals surface area contributed by atoms with E-state index in [1.807, 2.05) is 34.2 Å². The average Bonchev–Trinajstić information content (AvgIpc) is 2.90. The number of carbonyl (C=O) groups is 1. The minimum Gasteiger partial charge on any atom is -0.338 e. The lowest BCUT2D eigenvalue weighted by Crippen LogP contribution is -2.32. The first-order valence-corrected chi connectivity index (χ1v) is 8.76. The van der Waals surface area contributed by atoms with Crippen LogP contribution in [0, 0.1) is 3.57 Å². The average molecular weight is 417 g/mol. The van der Waals surface area contributed by atoms with Crippen molar-refractivity contribution in [3.8, 4) is 0 Å². The van der Waals surface area contributed by atoms with Crippen LogP contribution in [0.25, 0.3) is 0 Å². The minimum atomic E-state index is -3.74. The van der Waals surface area contributed by atoms with Crippen LogP contribution in [-0.4, -0.2) is 34.7 Å². The van der Waals surface area contributed by atoms with Crippen LogP contribution in [-0.2, 0) is 23.5 Å². The Kier molecular flexibility index (Phi) is 3.52. The van der Waals surface area contributed by atoms with Gasteiger partial charge in [0.1, 0.15) is 10.7 Å². The van der Waals surface area contributed by atoms with Gasteiger partial charge in [0.15, 0.2) is 0 Å². The van der Waals surface area contributed by atoms with Crippen molar-refractivity contribution >= 4 is 38.5 Å². The van der Waals surface area contributed by atoms with Gasteiger partial charge in [-0.05, 0) is 40.8 Å². The number of nitrogens with zero attached hydrogens (tertiary/aromatic N) is 3. The monoisotopic (exact) mass is 417 g/mol. The lowest BCUT2D eigenvalue weighted by Gasteiger charge is -2.14. The lowest BCUT2D eigenvalue weighted by molar-refractivity contribution is 0.0871. The molecule has 6 nitrogen and oxygen atoms in total. The van der Waals surface area contributed by atoms with Gasteiger partial charge in [-0.3, -0.25) is 4.79 Å². The third kappa shape index (κ3) is 2.35. The van der Waals surface area contributed by atoms with Gasteiger partial charge in [0.25, 0.3) is 15.9 Å². The van der Waals surface area contributed by atoms with Gasteiger partial charge in [-0.1, -0.05) is 0 Å². The molecule has 0 aliphatic carbocycles. The van der Waals surface area contributed by atoms with Crippen LogP contribution in [0.3, 0.4) is 0 Å². The number of benzene rings is 1. The second kappa shape index (κ2) is 5.09. The van der Waals surface area contributed by atoms with Crippen LogP contribution >= 0.6 is 22.6 Å². The summed E-state index contributed by atoms with van der Waals surface area (Å²) in [5.74, 6) is 0.277. The maximum absolute atomic E-state index is 12.5. The van der Waals surface area contributed by atoms with Gasteiger partial charge in [-0.15, -0.1) is 0 Å². The molecule has 1 amide bonds. The van der Waals surface area contributed by atoms with Crippen molar-refractivity contribution in [2.24, 2.45) is 7.05 Å². The summed E-state index contributed by atoms with van der Waals surface area (Å²) in [4.78, 5) is 16.5. The van der Waals surface area contributed by atoms with Crippen LogP contribution < -0.4 is 0 Å². The van der Waals surface area contributed by atoms with E-state index in [-0.39, 0.29) is 17.0 Å². The van der Waals surface area contributed by atoms with E-state index < -0.39 is 15.9 Å². The molecule has 0 saturated heterocycles. The second-order valence-electron chi connectivity index (χ2n) is 4.73. The number of imidazole rings is 1. The first kappa shape index (κ1) is 14.5. The van der Waals surface area contributed by atoms with Gasteiger partial charge in [0.2, 0.25) is 0 Å². The fourth-order valence-corrected chi connectivity index (χ4v) is 4.61. The Hall–Kier alpha value is -1.42. The van der Waals surface area contributed by atoms with Gasteiger partial charge < -0.3 is 4.57 Å². The molecule has 0 unspecified atom stereocenters. The van der Waals surface area contributed by atoms with E-state index in [1.165, 1.54) is 6.07 Å². The first-order chi connectivity index (χ1) is 9.91. The van der Waals surface area contributed by atoms with Gasteiger partial charge in [0.05, 0.1) is 5.56 Å². The van der Waals surface area contributed by atoms with Gasteiger partial charge >= 0.3 is 0 Å². The van der Waals surface area contributed by atoms with Crippen molar-refractivity contribution in [3.05, 3.63) is 45.6 Å². The second-order valence-corrected chi connectivity index (χ2v) is 7.80. The summed E-state index contributed by atoms with van der Waals surface area (Å²) in [5, 5.41) is 0. The maximum Gasteiger partial charge on any atom is 0.269 e. The van der Waals surface area contributed by atoms with Gasteiger partial charge in [-0.2, -0.15) is 0 Å². The zero-order valence-corrected chi connectivity index (χ0v) is 14.1. The molecule has 1 aromatic carbocycles. The van der Waals surface area contributed by atoms with Crippen LogP contribution in [0.5, 0.6) is 0 Å². The predicted molar refractivity (Wildman–Crippen MR) is 84.3 cm³/mol. The number of rotatable bonds is 3. The van der Waals surface area contributed by atoms with Gasteiger partial charge in [-0.25, -0.2) is 17.7 Å². The minimum absolute atomic E-state index is 0.0945. The number of hydrogen-bond acceptors (Lipinski definition) is 4. The number of aromatic nitrogens is 2. The van der Waals surface area contributed by atoms with Crippen LogP contribution in [0.1, 0.15) is 16.2 Å². The Morgan fingerprint density at radius 1 is 1.33 bits per heavy atom. The number of sulfonamides is 1. The van der Waals surface area contributed by atoms with Crippen LogP contribution in [0.4, 0.5) is 0 Å². The highest BCUT2D eigenvalue weighted by Gasteiger charge is 2.40. The third-order valence-corrected chi connectivity index (χ3v) is 5.92. The molecule has 8 heteroatoms. The van der Waals surface area contributed by atoms with E-state index in [1.54, 1.807) is 24.5 Å². The molecule has 2 heterocycles. The Balaban J connectivity index is 1.91. The third-order valence-electron chi connectivity index (χ3n) is 3.43. The van der Waals surface area contributed by atoms with Gasteiger partial charge in [0, 0.05) is 36.0 Å². The molecule has 0 radical (unpaired) electrons. The highest BCUT2D eigenvalue weighted by molar-refractivity contribution is 14.1. The van der Waals surface area contributed by atoms with E-state index in [4.69, 9.17) is 0 Å². The Morgan fingerprint density at radius 2 is 2.10 bits per heavy atom. The molecule has 21 heavy (non-hydrogen) atoms. The molecule has 0 bridgehead atoms. The van der Waals surface area contributed by atoms with Crippen LogP contribution in [0.15, 0.2) is 35.5 Å². The van der Waals surface area contributed by atoms with Crippen molar-refractivity contribution in [2.45, 2.75) is 11.3 Å². The molecule has 0 spiro atoms. The van der Waals surface area contributed by atoms with Crippen molar-refractivity contribution in [3.63, 3.8) is 0 Å². The smallest absolute Gasteiger partial charge is 0.269 e. The molecule has 1 aliphatic rings. The predicted octanol–water partition coefficient (Wildman–Crippen LogP) is 1.41. The molecule has 1 aromatic heterocycles. The van der Waals surface area contributed by atoms with Crippen molar-refractivity contribution < 1.29 is 13.2 Å². The highest BCUT2D eigenvalue weighted by atomic mass is 127. The van der Waals surface area contributed by atoms with Crippen LogP contribution in [0.2, 0.25) is 0 Å². The highest BCUT2D eigenvalue weighted by Crippen LogP contribution is 2.31. The largest absolute Gasteiger partial charge is 0.338 e. The molecular weight excluding hydrogens is 405 g/mol. The molecule has 1 aliphatic heterocycles. The molecule has 0 N–H and O–H groups in total. The number of halogens is 1.